The number of aliphatic hydroxyl groups is 1. The second-order valence-electron chi connectivity index (χ2n) is 5.75. The third-order valence-electron chi connectivity index (χ3n) is 3.05. The highest BCUT2D eigenvalue weighted by Crippen LogP contribution is 2.24. The highest BCUT2D eigenvalue weighted by Gasteiger charge is 2.27. The molecular weight excluding hydrogens is 300 g/mol. The van der Waals surface area contributed by atoms with E-state index in [1.165, 1.54) is 12.1 Å². The molecule has 0 bridgehead atoms. The van der Waals surface area contributed by atoms with Crippen molar-refractivity contribution in [3.8, 4) is 0 Å². The van der Waals surface area contributed by atoms with E-state index in [0.29, 0.717) is 4.31 Å². The summed E-state index contributed by atoms with van der Waals surface area (Å²) in [6, 6.07) is 6.16. The summed E-state index contributed by atoms with van der Waals surface area (Å²) in [7, 11) is -4.03. The second-order valence-corrected chi connectivity index (χ2v) is 7.69. The maximum atomic E-state index is 12.5. The SMILES string of the molecule is CC(C)(C)c1ccc(S(=O)(=O)N(CCO)CC(F)F)cc1. The van der Waals surface area contributed by atoms with Crippen LogP contribution in [-0.2, 0) is 15.4 Å². The van der Waals surface area contributed by atoms with Crippen molar-refractivity contribution in [2.24, 2.45) is 0 Å². The van der Waals surface area contributed by atoms with E-state index in [9.17, 15) is 17.2 Å². The number of halogens is 2. The largest absolute Gasteiger partial charge is 0.395 e. The highest BCUT2D eigenvalue weighted by atomic mass is 32.2. The minimum atomic E-state index is -4.03. The summed E-state index contributed by atoms with van der Waals surface area (Å²) in [6.45, 7) is 4.19. The first kappa shape index (κ1) is 18.0. The van der Waals surface area contributed by atoms with E-state index in [1.807, 2.05) is 20.8 Å². The molecule has 0 atom stereocenters. The molecule has 1 rings (SSSR count). The standard InChI is InChI=1S/C14H21F2NO3S/c1-14(2,3)11-4-6-12(7-5-11)21(19,20)17(8-9-18)10-13(15)16/h4-7,13,18H,8-10H2,1-3H3. The Bertz CT molecular complexity index is 551. The molecule has 1 aromatic carbocycles. The van der Waals surface area contributed by atoms with Crippen LogP contribution in [0, 0.1) is 0 Å². The molecule has 0 unspecified atom stereocenters. The van der Waals surface area contributed by atoms with E-state index in [1.54, 1.807) is 12.1 Å². The van der Waals surface area contributed by atoms with Crippen molar-refractivity contribution in [1.29, 1.82) is 0 Å². The lowest BCUT2D eigenvalue weighted by Gasteiger charge is -2.22. The molecule has 0 spiro atoms. The van der Waals surface area contributed by atoms with E-state index >= 15 is 0 Å². The number of hydrogen-bond donors (Lipinski definition) is 1. The summed E-state index contributed by atoms with van der Waals surface area (Å²) in [5.41, 5.74) is 0.819. The number of alkyl halides is 2. The van der Waals surface area contributed by atoms with E-state index in [2.05, 4.69) is 0 Å². The number of rotatable bonds is 6. The Kier molecular flexibility index (Phi) is 5.83. The summed E-state index contributed by atoms with van der Waals surface area (Å²) in [4.78, 5) is -0.0513. The van der Waals surface area contributed by atoms with Crippen molar-refractivity contribution >= 4 is 10.0 Å². The number of sulfonamides is 1. The summed E-state index contributed by atoms with van der Waals surface area (Å²) >= 11 is 0. The van der Waals surface area contributed by atoms with Crippen molar-refractivity contribution in [1.82, 2.24) is 4.31 Å². The quantitative estimate of drug-likeness (QED) is 0.874. The summed E-state index contributed by atoms with van der Waals surface area (Å²) in [6.07, 6.45) is -2.79. The minimum absolute atomic E-state index is 0.0513. The van der Waals surface area contributed by atoms with Crippen molar-refractivity contribution in [2.45, 2.75) is 37.5 Å². The van der Waals surface area contributed by atoms with Crippen LogP contribution in [0.1, 0.15) is 26.3 Å². The predicted octanol–water partition coefficient (Wildman–Crippen LogP) is 2.23. The topological polar surface area (TPSA) is 57.6 Å². The van der Waals surface area contributed by atoms with E-state index in [0.717, 1.165) is 5.56 Å². The molecule has 120 valence electrons. The molecule has 0 saturated carbocycles. The van der Waals surface area contributed by atoms with Gasteiger partial charge in [0.05, 0.1) is 18.0 Å². The first-order chi connectivity index (χ1) is 9.59. The summed E-state index contributed by atoms with van der Waals surface area (Å²) < 4.78 is 50.2. The molecule has 0 aliphatic rings. The van der Waals surface area contributed by atoms with Crippen LogP contribution in [0.25, 0.3) is 0 Å². The van der Waals surface area contributed by atoms with Gasteiger partial charge in [0.1, 0.15) is 0 Å². The molecule has 0 amide bonds. The zero-order valence-electron chi connectivity index (χ0n) is 12.4. The fourth-order valence-electron chi connectivity index (χ4n) is 1.85. The van der Waals surface area contributed by atoms with E-state index in [4.69, 9.17) is 5.11 Å². The van der Waals surface area contributed by atoms with Gasteiger partial charge in [-0.15, -0.1) is 0 Å². The lowest BCUT2D eigenvalue weighted by molar-refractivity contribution is 0.113. The Morgan fingerprint density at radius 3 is 2.10 bits per heavy atom. The van der Waals surface area contributed by atoms with Gasteiger partial charge in [0, 0.05) is 6.54 Å². The van der Waals surface area contributed by atoms with Crippen LogP contribution in [0.4, 0.5) is 8.78 Å². The van der Waals surface area contributed by atoms with Crippen molar-refractivity contribution in [3.63, 3.8) is 0 Å². The minimum Gasteiger partial charge on any atom is -0.395 e. The lowest BCUT2D eigenvalue weighted by Crippen LogP contribution is -2.37. The normalized spacial score (nSPS) is 13.1. The summed E-state index contributed by atoms with van der Waals surface area (Å²) in [5, 5.41) is 8.86. The molecule has 4 nitrogen and oxygen atoms in total. The lowest BCUT2D eigenvalue weighted by atomic mass is 9.87. The average molecular weight is 321 g/mol. The monoisotopic (exact) mass is 321 g/mol. The summed E-state index contributed by atoms with van der Waals surface area (Å²) in [5.74, 6) is 0. The third kappa shape index (κ3) is 4.72. The van der Waals surface area contributed by atoms with Gasteiger partial charge < -0.3 is 5.11 Å². The zero-order valence-corrected chi connectivity index (χ0v) is 13.2. The Hall–Kier alpha value is -1.05. The fourth-order valence-corrected chi connectivity index (χ4v) is 3.26. The molecule has 0 radical (unpaired) electrons. The van der Waals surface area contributed by atoms with Gasteiger partial charge in [-0.05, 0) is 23.1 Å². The first-order valence-corrected chi connectivity index (χ1v) is 8.02. The molecular formula is C14H21F2NO3S. The molecule has 0 saturated heterocycles. The Labute approximate surface area is 124 Å². The number of hydrogen-bond acceptors (Lipinski definition) is 3. The Balaban J connectivity index is 3.10. The highest BCUT2D eigenvalue weighted by molar-refractivity contribution is 7.89. The Morgan fingerprint density at radius 1 is 1.19 bits per heavy atom. The van der Waals surface area contributed by atoms with Crippen LogP contribution >= 0.6 is 0 Å². The van der Waals surface area contributed by atoms with Crippen LogP contribution in [0.5, 0.6) is 0 Å². The zero-order chi connectivity index (χ0) is 16.3. The molecule has 1 aromatic rings. The van der Waals surface area contributed by atoms with Crippen molar-refractivity contribution in [2.75, 3.05) is 19.7 Å². The van der Waals surface area contributed by atoms with Gasteiger partial charge in [0.15, 0.2) is 0 Å². The van der Waals surface area contributed by atoms with Crippen LogP contribution in [0.3, 0.4) is 0 Å². The number of aliphatic hydroxyl groups excluding tert-OH is 1. The van der Waals surface area contributed by atoms with Crippen molar-refractivity contribution in [3.05, 3.63) is 29.8 Å². The molecule has 0 aliphatic heterocycles. The fraction of sp³-hybridized carbons (Fsp3) is 0.571. The molecule has 21 heavy (non-hydrogen) atoms. The molecule has 0 fully saturated rings. The predicted molar refractivity (Wildman–Crippen MR) is 77.0 cm³/mol. The average Bonchev–Trinajstić information content (AvgIpc) is 2.37. The van der Waals surface area contributed by atoms with E-state index < -0.39 is 29.6 Å². The smallest absolute Gasteiger partial charge is 0.252 e. The van der Waals surface area contributed by atoms with Gasteiger partial charge >= 0.3 is 0 Å². The van der Waals surface area contributed by atoms with Crippen LogP contribution < -0.4 is 0 Å². The van der Waals surface area contributed by atoms with Gasteiger partial charge in [-0.2, -0.15) is 4.31 Å². The maximum absolute atomic E-state index is 12.5. The van der Waals surface area contributed by atoms with Gasteiger partial charge in [-0.1, -0.05) is 32.9 Å². The Morgan fingerprint density at radius 2 is 1.71 bits per heavy atom. The van der Waals surface area contributed by atoms with Gasteiger partial charge in [-0.3, -0.25) is 0 Å². The molecule has 1 N–H and O–H groups in total. The van der Waals surface area contributed by atoms with Crippen molar-refractivity contribution < 1.29 is 22.3 Å². The van der Waals surface area contributed by atoms with Gasteiger partial charge in [-0.25, -0.2) is 17.2 Å². The second kappa shape index (κ2) is 6.81. The molecule has 0 heterocycles. The maximum Gasteiger partial charge on any atom is 0.252 e. The van der Waals surface area contributed by atoms with E-state index in [-0.39, 0.29) is 16.9 Å². The van der Waals surface area contributed by atoms with Gasteiger partial charge in [0.25, 0.3) is 6.43 Å². The molecule has 0 aromatic heterocycles. The number of nitrogens with zero attached hydrogens (tertiary/aromatic N) is 1. The van der Waals surface area contributed by atoms with Crippen LogP contribution in [0.15, 0.2) is 29.2 Å². The number of benzene rings is 1. The van der Waals surface area contributed by atoms with Crippen LogP contribution in [-0.4, -0.2) is 44.0 Å². The van der Waals surface area contributed by atoms with Crippen LogP contribution in [0.2, 0.25) is 0 Å². The molecule has 7 heteroatoms. The third-order valence-corrected chi connectivity index (χ3v) is 4.93. The first-order valence-electron chi connectivity index (χ1n) is 6.58. The van der Waals surface area contributed by atoms with Gasteiger partial charge in [0.2, 0.25) is 10.0 Å². The molecule has 0 aliphatic carbocycles.